The summed E-state index contributed by atoms with van der Waals surface area (Å²) in [6.07, 6.45) is 5.31. The van der Waals surface area contributed by atoms with Gasteiger partial charge in [0.1, 0.15) is 0 Å². The largest absolute Gasteiger partial charge is 0.311 e. The molecule has 0 spiro atoms. The Balaban J connectivity index is 1.54. The van der Waals surface area contributed by atoms with E-state index in [1.165, 1.54) is 25.7 Å². The number of nitrogens with one attached hydrogen (secondary N) is 1. The van der Waals surface area contributed by atoms with E-state index in [2.05, 4.69) is 41.2 Å². The highest BCUT2D eigenvalue weighted by atomic mass is 15.2. The molecule has 0 amide bonds. The van der Waals surface area contributed by atoms with Crippen LogP contribution >= 0.6 is 0 Å². The standard InChI is InChI=1S/C17H22N2/c1-19(11-5-8-14-6-3-2-4-7-14)17-12-15-9-10-16(13-17)18-15/h2-4,6-7,15-18H,9-13H2,1H3. The summed E-state index contributed by atoms with van der Waals surface area (Å²) in [5.74, 6) is 6.55. The molecule has 0 aliphatic carbocycles. The maximum atomic E-state index is 3.69. The Morgan fingerprint density at radius 1 is 1.16 bits per heavy atom. The van der Waals surface area contributed by atoms with Crippen LogP contribution in [-0.2, 0) is 0 Å². The van der Waals surface area contributed by atoms with Crippen LogP contribution in [-0.4, -0.2) is 36.6 Å². The van der Waals surface area contributed by atoms with E-state index < -0.39 is 0 Å². The van der Waals surface area contributed by atoms with Crippen molar-refractivity contribution in [3.8, 4) is 11.8 Å². The zero-order valence-corrected chi connectivity index (χ0v) is 11.6. The van der Waals surface area contributed by atoms with Crippen LogP contribution in [0.2, 0.25) is 0 Å². The lowest BCUT2D eigenvalue weighted by atomic mass is 9.98. The quantitative estimate of drug-likeness (QED) is 0.814. The van der Waals surface area contributed by atoms with Gasteiger partial charge in [-0.2, -0.15) is 0 Å². The Labute approximate surface area is 116 Å². The van der Waals surface area contributed by atoms with E-state index in [-0.39, 0.29) is 0 Å². The van der Waals surface area contributed by atoms with Gasteiger partial charge >= 0.3 is 0 Å². The predicted octanol–water partition coefficient (Wildman–Crippen LogP) is 2.25. The minimum atomic E-state index is 0.712. The molecule has 2 heteroatoms. The minimum absolute atomic E-state index is 0.712. The van der Waals surface area contributed by atoms with Crippen molar-refractivity contribution in [3.63, 3.8) is 0 Å². The van der Waals surface area contributed by atoms with Crippen molar-refractivity contribution in [1.82, 2.24) is 10.2 Å². The lowest BCUT2D eigenvalue weighted by molar-refractivity contribution is 0.189. The number of piperidine rings is 1. The lowest BCUT2D eigenvalue weighted by Crippen LogP contribution is -2.47. The molecule has 2 bridgehead atoms. The molecule has 0 aromatic heterocycles. The molecule has 3 rings (SSSR count). The second kappa shape index (κ2) is 5.77. The van der Waals surface area contributed by atoms with Gasteiger partial charge in [-0.15, -0.1) is 0 Å². The van der Waals surface area contributed by atoms with Gasteiger partial charge in [0.2, 0.25) is 0 Å². The summed E-state index contributed by atoms with van der Waals surface area (Å²) in [6.45, 7) is 0.874. The molecular weight excluding hydrogens is 232 g/mol. The highest BCUT2D eigenvalue weighted by molar-refractivity contribution is 5.33. The Bertz CT molecular complexity index is 459. The third-order valence-electron chi connectivity index (χ3n) is 4.41. The van der Waals surface area contributed by atoms with Crippen molar-refractivity contribution < 1.29 is 0 Å². The van der Waals surface area contributed by atoms with Crippen molar-refractivity contribution in [1.29, 1.82) is 0 Å². The molecule has 1 aromatic carbocycles. The molecule has 2 aliphatic rings. The summed E-state index contributed by atoms with van der Waals surface area (Å²) in [4.78, 5) is 2.43. The Hall–Kier alpha value is -1.30. The Morgan fingerprint density at radius 2 is 1.84 bits per heavy atom. The first kappa shape index (κ1) is 12.7. The first-order valence-electron chi connectivity index (χ1n) is 7.31. The molecule has 1 N–H and O–H groups in total. The van der Waals surface area contributed by atoms with Gasteiger partial charge in [0.15, 0.2) is 0 Å². The number of benzene rings is 1. The molecule has 2 atom stereocenters. The van der Waals surface area contributed by atoms with Crippen LogP contribution in [0.15, 0.2) is 30.3 Å². The molecule has 19 heavy (non-hydrogen) atoms. The maximum absolute atomic E-state index is 3.69. The van der Waals surface area contributed by atoms with Crippen LogP contribution in [0.25, 0.3) is 0 Å². The molecule has 1 aromatic rings. The van der Waals surface area contributed by atoms with Gasteiger partial charge in [-0.05, 0) is 44.9 Å². The van der Waals surface area contributed by atoms with Gasteiger partial charge in [0.25, 0.3) is 0 Å². The number of fused-ring (bicyclic) bond motifs is 2. The van der Waals surface area contributed by atoms with Crippen molar-refractivity contribution in [3.05, 3.63) is 35.9 Å². The van der Waals surface area contributed by atoms with E-state index in [9.17, 15) is 0 Å². The summed E-state index contributed by atoms with van der Waals surface area (Å²) in [5.41, 5.74) is 1.11. The second-order valence-corrected chi connectivity index (χ2v) is 5.85. The van der Waals surface area contributed by atoms with Gasteiger partial charge in [-0.3, -0.25) is 4.90 Å². The third kappa shape index (κ3) is 3.18. The Kier molecular flexibility index (Phi) is 3.87. The average Bonchev–Trinajstić information content (AvgIpc) is 2.78. The number of rotatable bonds is 2. The van der Waals surface area contributed by atoms with Crippen molar-refractivity contribution >= 4 is 0 Å². The van der Waals surface area contributed by atoms with E-state index in [0.29, 0.717) is 6.04 Å². The summed E-state index contributed by atoms with van der Waals surface area (Å²) in [6, 6.07) is 12.5. The smallest absolute Gasteiger partial charge is 0.0605 e. The zero-order valence-electron chi connectivity index (χ0n) is 11.6. The molecular formula is C17H22N2. The average molecular weight is 254 g/mol. The zero-order chi connectivity index (χ0) is 13.1. The van der Waals surface area contributed by atoms with E-state index in [1.54, 1.807) is 0 Å². The summed E-state index contributed by atoms with van der Waals surface area (Å²) < 4.78 is 0. The fourth-order valence-corrected chi connectivity index (χ4v) is 3.30. The van der Waals surface area contributed by atoms with Gasteiger partial charge in [0, 0.05) is 23.7 Å². The topological polar surface area (TPSA) is 15.3 Å². The summed E-state index contributed by atoms with van der Waals surface area (Å²) in [7, 11) is 2.22. The molecule has 2 unspecified atom stereocenters. The number of hydrogen-bond donors (Lipinski definition) is 1. The van der Waals surface area contributed by atoms with Crippen LogP contribution in [0, 0.1) is 11.8 Å². The molecule has 2 aliphatic heterocycles. The molecule has 0 saturated carbocycles. The number of hydrogen-bond acceptors (Lipinski definition) is 2. The monoisotopic (exact) mass is 254 g/mol. The highest BCUT2D eigenvalue weighted by Crippen LogP contribution is 2.28. The highest BCUT2D eigenvalue weighted by Gasteiger charge is 2.34. The molecule has 0 radical (unpaired) electrons. The maximum Gasteiger partial charge on any atom is 0.0605 e. The van der Waals surface area contributed by atoms with Crippen LogP contribution < -0.4 is 5.32 Å². The van der Waals surface area contributed by atoms with Crippen molar-refractivity contribution in [2.75, 3.05) is 13.6 Å². The van der Waals surface area contributed by atoms with Gasteiger partial charge in [-0.25, -0.2) is 0 Å². The van der Waals surface area contributed by atoms with E-state index in [4.69, 9.17) is 0 Å². The fraction of sp³-hybridized carbons (Fsp3) is 0.529. The molecule has 2 fully saturated rings. The van der Waals surface area contributed by atoms with E-state index >= 15 is 0 Å². The molecule has 2 saturated heterocycles. The normalized spacial score (nSPS) is 29.1. The second-order valence-electron chi connectivity index (χ2n) is 5.85. The molecule has 2 heterocycles. The number of nitrogens with zero attached hydrogens (tertiary/aromatic N) is 1. The van der Waals surface area contributed by atoms with Crippen LogP contribution in [0.5, 0.6) is 0 Å². The molecule has 100 valence electrons. The minimum Gasteiger partial charge on any atom is -0.311 e. The first-order valence-corrected chi connectivity index (χ1v) is 7.31. The molecule has 2 nitrogen and oxygen atoms in total. The fourth-order valence-electron chi connectivity index (χ4n) is 3.30. The van der Waals surface area contributed by atoms with Crippen LogP contribution in [0.4, 0.5) is 0 Å². The van der Waals surface area contributed by atoms with Crippen molar-refractivity contribution in [2.45, 2.75) is 43.8 Å². The van der Waals surface area contributed by atoms with Gasteiger partial charge in [0.05, 0.1) is 6.54 Å². The van der Waals surface area contributed by atoms with Crippen LogP contribution in [0.3, 0.4) is 0 Å². The summed E-state index contributed by atoms with van der Waals surface area (Å²) in [5, 5.41) is 3.69. The van der Waals surface area contributed by atoms with Crippen molar-refractivity contribution in [2.24, 2.45) is 0 Å². The van der Waals surface area contributed by atoms with E-state index in [0.717, 1.165) is 24.2 Å². The van der Waals surface area contributed by atoms with Gasteiger partial charge < -0.3 is 5.32 Å². The van der Waals surface area contributed by atoms with Gasteiger partial charge in [-0.1, -0.05) is 30.0 Å². The SMILES string of the molecule is CN(CC#Cc1ccccc1)C1CC2CCC(C1)N2. The van der Waals surface area contributed by atoms with Crippen LogP contribution in [0.1, 0.15) is 31.2 Å². The summed E-state index contributed by atoms with van der Waals surface area (Å²) >= 11 is 0. The third-order valence-corrected chi connectivity index (χ3v) is 4.41. The lowest BCUT2D eigenvalue weighted by Gasteiger charge is -2.34. The van der Waals surface area contributed by atoms with E-state index in [1.807, 2.05) is 18.2 Å². The predicted molar refractivity (Wildman–Crippen MR) is 78.9 cm³/mol. The first-order chi connectivity index (χ1) is 9.31. The Morgan fingerprint density at radius 3 is 2.53 bits per heavy atom.